The van der Waals surface area contributed by atoms with Crippen molar-refractivity contribution in [2.75, 3.05) is 13.1 Å². The highest BCUT2D eigenvalue weighted by Crippen LogP contribution is 2.11. The molecular formula is C16H19N3O3. The van der Waals surface area contributed by atoms with Crippen LogP contribution in [0.2, 0.25) is 0 Å². The number of rotatable bonds is 2. The van der Waals surface area contributed by atoms with Gasteiger partial charge in [-0.3, -0.25) is 14.2 Å². The molecule has 1 aromatic carbocycles. The number of fused-ring (bicyclic) bond motifs is 1. The van der Waals surface area contributed by atoms with E-state index in [4.69, 9.17) is 4.74 Å². The molecule has 0 unspecified atom stereocenters. The van der Waals surface area contributed by atoms with Crippen molar-refractivity contribution in [3.05, 3.63) is 40.9 Å². The fourth-order valence-corrected chi connectivity index (χ4v) is 2.85. The molecule has 1 aromatic heterocycles. The Balaban J connectivity index is 1.82. The number of ether oxygens (including phenoxy) is 1. The monoisotopic (exact) mass is 301 g/mol. The third-order valence-corrected chi connectivity index (χ3v) is 3.81. The van der Waals surface area contributed by atoms with Gasteiger partial charge in [-0.25, -0.2) is 4.98 Å². The van der Waals surface area contributed by atoms with E-state index in [0.29, 0.717) is 24.0 Å². The van der Waals surface area contributed by atoms with Crippen LogP contribution in [0.15, 0.2) is 35.4 Å². The Bertz CT molecular complexity index is 746. The first-order chi connectivity index (χ1) is 10.5. The fourth-order valence-electron chi connectivity index (χ4n) is 2.85. The first-order valence-corrected chi connectivity index (χ1v) is 7.42. The van der Waals surface area contributed by atoms with E-state index < -0.39 is 0 Å². The highest BCUT2D eigenvalue weighted by molar-refractivity contribution is 5.79. The quantitative estimate of drug-likeness (QED) is 0.831. The van der Waals surface area contributed by atoms with Crippen LogP contribution in [-0.2, 0) is 16.1 Å². The van der Waals surface area contributed by atoms with Gasteiger partial charge in [-0.2, -0.15) is 0 Å². The van der Waals surface area contributed by atoms with Gasteiger partial charge in [-0.1, -0.05) is 12.1 Å². The van der Waals surface area contributed by atoms with Crippen LogP contribution in [0.1, 0.15) is 13.8 Å². The molecule has 1 amide bonds. The third-order valence-electron chi connectivity index (χ3n) is 3.81. The Morgan fingerprint density at radius 2 is 1.95 bits per heavy atom. The standard InChI is InChI=1S/C16H19N3O3/c1-11-7-18(8-12(2)22-11)15(20)9-19-10-17-14-6-4-3-5-13(14)16(19)21/h3-6,10-12H,7-9H2,1-2H3/t11-,12-/m0/s1. The number of benzene rings is 1. The van der Waals surface area contributed by atoms with Gasteiger partial charge in [0.1, 0.15) is 6.54 Å². The first kappa shape index (κ1) is 14.7. The molecule has 2 heterocycles. The second-order valence-corrected chi connectivity index (χ2v) is 5.75. The van der Waals surface area contributed by atoms with Crippen molar-refractivity contribution in [3.8, 4) is 0 Å². The van der Waals surface area contributed by atoms with Crippen LogP contribution < -0.4 is 5.56 Å². The SMILES string of the molecule is C[C@H]1CN(C(=O)Cn2cnc3ccccc3c2=O)C[C@H](C)O1. The summed E-state index contributed by atoms with van der Waals surface area (Å²) in [6, 6.07) is 7.14. The number of amides is 1. The van der Waals surface area contributed by atoms with Gasteiger partial charge in [0.15, 0.2) is 0 Å². The Hall–Kier alpha value is -2.21. The lowest BCUT2D eigenvalue weighted by molar-refractivity contribution is -0.143. The molecule has 1 aliphatic rings. The smallest absolute Gasteiger partial charge is 0.261 e. The van der Waals surface area contributed by atoms with Gasteiger partial charge in [0.05, 0.1) is 29.4 Å². The van der Waals surface area contributed by atoms with E-state index in [1.807, 2.05) is 19.9 Å². The van der Waals surface area contributed by atoms with Gasteiger partial charge in [0.25, 0.3) is 5.56 Å². The molecule has 0 radical (unpaired) electrons. The Morgan fingerprint density at radius 1 is 1.27 bits per heavy atom. The number of carbonyl (C=O) groups is 1. The van der Waals surface area contributed by atoms with Crippen molar-refractivity contribution >= 4 is 16.8 Å². The lowest BCUT2D eigenvalue weighted by atomic mass is 10.2. The highest BCUT2D eigenvalue weighted by Gasteiger charge is 2.26. The second-order valence-electron chi connectivity index (χ2n) is 5.75. The number of nitrogens with zero attached hydrogens (tertiary/aromatic N) is 3. The first-order valence-electron chi connectivity index (χ1n) is 7.42. The minimum absolute atomic E-state index is 0.0100. The maximum Gasteiger partial charge on any atom is 0.261 e. The Kier molecular flexibility index (Phi) is 3.94. The lowest BCUT2D eigenvalue weighted by Crippen LogP contribution is -2.49. The largest absolute Gasteiger partial charge is 0.372 e. The van der Waals surface area contributed by atoms with Gasteiger partial charge in [-0.05, 0) is 26.0 Å². The number of aromatic nitrogens is 2. The van der Waals surface area contributed by atoms with Gasteiger partial charge in [0.2, 0.25) is 5.91 Å². The van der Waals surface area contributed by atoms with Crippen LogP contribution in [0.3, 0.4) is 0 Å². The average molecular weight is 301 g/mol. The molecule has 0 saturated carbocycles. The van der Waals surface area contributed by atoms with E-state index in [1.165, 1.54) is 10.9 Å². The maximum absolute atomic E-state index is 12.4. The zero-order valence-corrected chi connectivity index (χ0v) is 12.7. The van der Waals surface area contributed by atoms with E-state index in [9.17, 15) is 9.59 Å². The molecule has 0 spiro atoms. The van der Waals surface area contributed by atoms with Crippen LogP contribution in [0, 0.1) is 0 Å². The predicted molar refractivity (Wildman–Crippen MR) is 82.6 cm³/mol. The summed E-state index contributed by atoms with van der Waals surface area (Å²) in [5, 5.41) is 0.529. The van der Waals surface area contributed by atoms with Crippen molar-refractivity contribution in [1.82, 2.24) is 14.5 Å². The second kappa shape index (κ2) is 5.88. The van der Waals surface area contributed by atoms with Gasteiger partial charge in [0, 0.05) is 13.1 Å². The molecule has 22 heavy (non-hydrogen) atoms. The third kappa shape index (κ3) is 2.87. The topological polar surface area (TPSA) is 64.4 Å². The molecule has 2 aromatic rings. The molecule has 116 valence electrons. The number of hydrogen-bond donors (Lipinski definition) is 0. The molecule has 2 atom stereocenters. The van der Waals surface area contributed by atoms with Crippen molar-refractivity contribution in [2.45, 2.75) is 32.6 Å². The minimum atomic E-state index is -0.187. The van der Waals surface area contributed by atoms with E-state index in [-0.39, 0.29) is 30.2 Å². The van der Waals surface area contributed by atoms with Crippen LogP contribution >= 0.6 is 0 Å². The number of carbonyl (C=O) groups excluding carboxylic acids is 1. The highest BCUT2D eigenvalue weighted by atomic mass is 16.5. The summed E-state index contributed by atoms with van der Waals surface area (Å²) in [6.07, 6.45) is 1.47. The van der Waals surface area contributed by atoms with Gasteiger partial charge < -0.3 is 9.64 Å². The molecule has 1 fully saturated rings. The normalized spacial score (nSPS) is 22.0. The van der Waals surface area contributed by atoms with Gasteiger partial charge in [-0.15, -0.1) is 0 Å². The fraction of sp³-hybridized carbons (Fsp3) is 0.438. The average Bonchev–Trinajstić information content (AvgIpc) is 2.49. The molecule has 0 bridgehead atoms. The molecule has 1 saturated heterocycles. The van der Waals surface area contributed by atoms with Crippen LogP contribution in [0.5, 0.6) is 0 Å². The summed E-state index contributed by atoms with van der Waals surface area (Å²) in [7, 11) is 0. The van der Waals surface area contributed by atoms with E-state index in [1.54, 1.807) is 23.1 Å². The molecule has 0 aliphatic carbocycles. The summed E-state index contributed by atoms with van der Waals surface area (Å²) in [5.41, 5.74) is 0.457. The zero-order chi connectivity index (χ0) is 15.7. The minimum Gasteiger partial charge on any atom is -0.372 e. The van der Waals surface area contributed by atoms with Crippen LogP contribution in [0.4, 0.5) is 0 Å². The van der Waals surface area contributed by atoms with E-state index in [0.717, 1.165) is 0 Å². The molecule has 6 nitrogen and oxygen atoms in total. The summed E-state index contributed by atoms with van der Waals surface area (Å²) in [4.78, 5) is 30.8. The van der Waals surface area contributed by atoms with E-state index >= 15 is 0 Å². The molecule has 1 aliphatic heterocycles. The molecular weight excluding hydrogens is 282 g/mol. The van der Waals surface area contributed by atoms with Crippen molar-refractivity contribution in [3.63, 3.8) is 0 Å². The summed E-state index contributed by atoms with van der Waals surface area (Å²) >= 11 is 0. The summed E-state index contributed by atoms with van der Waals surface area (Å²) < 4.78 is 6.99. The maximum atomic E-state index is 12.4. The van der Waals surface area contributed by atoms with Crippen LogP contribution in [0.25, 0.3) is 10.9 Å². The van der Waals surface area contributed by atoms with Crippen LogP contribution in [-0.4, -0.2) is 45.7 Å². The molecule has 3 rings (SSSR count). The van der Waals surface area contributed by atoms with Crippen molar-refractivity contribution < 1.29 is 9.53 Å². The predicted octanol–water partition coefficient (Wildman–Crippen LogP) is 1.03. The molecule has 0 N–H and O–H groups in total. The molecule has 6 heteroatoms. The van der Waals surface area contributed by atoms with Gasteiger partial charge >= 0.3 is 0 Å². The number of morpholine rings is 1. The van der Waals surface area contributed by atoms with E-state index in [2.05, 4.69) is 4.98 Å². The number of hydrogen-bond acceptors (Lipinski definition) is 4. The lowest BCUT2D eigenvalue weighted by Gasteiger charge is -2.35. The van der Waals surface area contributed by atoms with Crippen molar-refractivity contribution in [2.24, 2.45) is 0 Å². The number of para-hydroxylation sites is 1. The summed E-state index contributed by atoms with van der Waals surface area (Å²) in [6.45, 7) is 5.01. The summed E-state index contributed by atoms with van der Waals surface area (Å²) in [5.74, 6) is -0.0822. The Labute approximate surface area is 128 Å². The Morgan fingerprint density at radius 3 is 2.68 bits per heavy atom. The zero-order valence-electron chi connectivity index (χ0n) is 12.7. The van der Waals surface area contributed by atoms with Crippen molar-refractivity contribution in [1.29, 1.82) is 0 Å².